The van der Waals surface area contributed by atoms with E-state index in [9.17, 15) is 29.4 Å². The van der Waals surface area contributed by atoms with E-state index in [1.807, 2.05) is 0 Å². The molecule has 0 spiro atoms. The number of carbonyl (C=O) groups excluding carboxylic acids is 2. The van der Waals surface area contributed by atoms with E-state index < -0.39 is 23.4 Å². The second-order valence-electron chi connectivity index (χ2n) is 7.42. The maximum Gasteiger partial charge on any atom is 2.00 e. The van der Waals surface area contributed by atoms with Crippen LogP contribution in [0.15, 0.2) is 97.1 Å². The molecule has 0 radical (unpaired) electrons. The first-order valence-corrected chi connectivity index (χ1v) is 10.5. The summed E-state index contributed by atoms with van der Waals surface area (Å²) < 4.78 is 0. The molecule has 0 fully saturated rings. The van der Waals surface area contributed by atoms with E-state index in [2.05, 4.69) is 0 Å². The SMILES string of the molecule is O=C(c1ccccc1)c1ccc(C(=O)O)c([O-])c1.O=C(c1ccccc1)c1ccc(C(=O)O)c([O-])c1.[Ca+2]. The smallest absolute Gasteiger partial charge is 0.872 e. The molecule has 4 aromatic carbocycles. The number of carboxylic acids is 2. The number of benzene rings is 4. The molecule has 0 atom stereocenters. The Labute approximate surface area is 241 Å². The summed E-state index contributed by atoms with van der Waals surface area (Å²) in [5, 5.41) is 40.4. The fraction of sp³-hybridized carbons (Fsp3) is 0. The first-order chi connectivity index (χ1) is 17.2. The van der Waals surface area contributed by atoms with Gasteiger partial charge in [0.25, 0.3) is 0 Å². The molecule has 0 bridgehead atoms. The predicted molar refractivity (Wildman–Crippen MR) is 131 cm³/mol. The van der Waals surface area contributed by atoms with Crippen molar-refractivity contribution in [2.24, 2.45) is 0 Å². The van der Waals surface area contributed by atoms with Crippen LogP contribution in [0.5, 0.6) is 11.5 Å². The quantitative estimate of drug-likeness (QED) is 0.289. The third-order valence-corrected chi connectivity index (χ3v) is 5.02. The molecule has 2 N–H and O–H groups in total. The third-order valence-electron chi connectivity index (χ3n) is 5.02. The van der Waals surface area contributed by atoms with Crippen LogP contribution in [0.1, 0.15) is 52.6 Å². The summed E-state index contributed by atoms with van der Waals surface area (Å²) in [7, 11) is 0. The van der Waals surface area contributed by atoms with Crippen LogP contribution < -0.4 is 10.2 Å². The van der Waals surface area contributed by atoms with Gasteiger partial charge in [-0.2, -0.15) is 0 Å². The molecule has 180 valence electrons. The van der Waals surface area contributed by atoms with E-state index in [1.54, 1.807) is 60.7 Å². The summed E-state index contributed by atoms with van der Waals surface area (Å²) in [6.07, 6.45) is 0. The maximum absolute atomic E-state index is 12.0. The van der Waals surface area contributed by atoms with Gasteiger partial charge in [-0.25, -0.2) is 9.59 Å². The van der Waals surface area contributed by atoms with Crippen LogP contribution in [0.3, 0.4) is 0 Å². The largest absolute Gasteiger partial charge is 2.00 e. The number of hydrogen-bond donors (Lipinski definition) is 2. The van der Waals surface area contributed by atoms with E-state index in [1.165, 1.54) is 12.1 Å². The average molecular weight is 523 g/mol. The summed E-state index contributed by atoms with van der Waals surface area (Å²) in [5.41, 5.74) is 0.631. The average Bonchev–Trinajstić information content (AvgIpc) is 2.88. The van der Waals surface area contributed by atoms with Gasteiger partial charge in [-0.15, -0.1) is 0 Å². The number of aromatic carboxylic acids is 2. The normalized spacial score (nSPS) is 9.73. The molecular weight excluding hydrogens is 504 g/mol. The van der Waals surface area contributed by atoms with E-state index in [0.29, 0.717) is 11.1 Å². The number of hydrogen-bond acceptors (Lipinski definition) is 6. The van der Waals surface area contributed by atoms with Gasteiger partial charge in [-0.3, -0.25) is 9.59 Å². The minimum atomic E-state index is -1.29. The van der Waals surface area contributed by atoms with E-state index in [4.69, 9.17) is 10.2 Å². The summed E-state index contributed by atoms with van der Waals surface area (Å²) in [6.45, 7) is 0. The molecule has 0 aliphatic heterocycles. The standard InChI is InChI=1S/2C14H10O4.Ca/c2*15-12-8-10(6-7-11(12)14(17)18)13(16)9-4-2-1-3-5-9;/h2*1-8,15H,(H,17,18);/q;;+2/p-2. The van der Waals surface area contributed by atoms with Crippen molar-refractivity contribution in [1.29, 1.82) is 0 Å². The minimum Gasteiger partial charge on any atom is -0.872 e. The molecule has 37 heavy (non-hydrogen) atoms. The van der Waals surface area contributed by atoms with Gasteiger partial charge < -0.3 is 20.4 Å². The Hall–Kier alpha value is -3.98. The molecule has 0 saturated carbocycles. The Morgan fingerprint density at radius 3 is 1.08 bits per heavy atom. The summed E-state index contributed by atoms with van der Waals surface area (Å²) in [4.78, 5) is 45.4. The predicted octanol–water partition coefficient (Wildman–Crippen LogP) is 3.00. The summed E-state index contributed by atoms with van der Waals surface area (Å²) in [6, 6.07) is 24.1. The van der Waals surface area contributed by atoms with Crippen molar-refractivity contribution in [2.75, 3.05) is 0 Å². The first kappa shape index (κ1) is 29.3. The fourth-order valence-electron chi connectivity index (χ4n) is 3.19. The van der Waals surface area contributed by atoms with Crippen molar-refractivity contribution in [1.82, 2.24) is 0 Å². The van der Waals surface area contributed by atoms with Crippen molar-refractivity contribution in [3.8, 4) is 11.5 Å². The van der Waals surface area contributed by atoms with Gasteiger partial charge >= 0.3 is 49.7 Å². The fourth-order valence-corrected chi connectivity index (χ4v) is 3.19. The zero-order chi connectivity index (χ0) is 26.2. The Morgan fingerprint density at radius 2 is 0.811 bits per heavy atom. The minimum absolute atomic E-state index is 0. The van der Waals surface area contributed by atoms with Crippen LogP contribution in [0.2, 0.25) is 0 Å². The number of ketones is 2. The monoisotopic (exact) mass is 522 g/mol. The molecule has 4 rings (SSSR count). The molecule has 0 aromatic heterocycles. The molecule has 0 heterocycles. The van der Waals surface area contributed by atoms with Gasteiger partial charge in [0.05, 0.1) is 11.1 Å². The topological polar surface area (TPSA) is 155 Å². The van der Waals surface area contributed by atoms with Crippen LogP contribution in [-0.2, 0) is 0 Å². The van der Waals surface area contributed by atoms with Crippen molar-refractivity contribution in [3.05, 3.63) is 130 Å². The van der Waals surface area contributed by atoms with Crippen LogP contribution >= 0.6 is 0 Å². The second-order valence-corrected chi connectivity index (χ2v) is 7.42. The number of carbonyl (C=O) groups is 4. The molecular formula is C28H18CaO8. The molecule has 0 aliphatic rings. The molecule has 0 saturated heterocycles. The van der Waals surface area contributed by atoms with Gasteiger partial charge in [0.1, 0.15) is 0 Å². The molecule has 0 amide bonds. The number of carboxylic acid groups (broad SMARTS) is 2. The Kier molecular flexibility index (Phi) is 10.6. The Bertz CT molecular complexity index is 1320. The molecule has 4 aromatic rings. The van der Waals surface area contributed by atoms with Crippen molar-refractivity contribution < 1.29 is 39.6 Å². The van der Waals surface area contributed by atoms with Gasteiger partial charge in [0, 0.05) is 22.3 Å². The van der Waals surface area contributed by atoms with E-state index in [0.717, 1.165) is 24.3 Å². The molecule has 9 heteroatoms. The summed E-state index contributed by atoms with van der Waals surface area (Å²) >= 11 is 0. The Balaban J connectivity index is 0.000000253. The zero-order valence-corrected chi connectivity index (χ0v) is 21.5. The van der Waals surface area contributed by atoms with Crippen molar-refractivity contribution >= 4 is 61.2 Å². The summed E-state index contributed by atoms with van der Waals surface area (Å²) in [5.74, 6) is -4.51. The van der Waals surface area contributed by atoms with E-state index in [-0.39, 0.29) is 71.6 Å². The van der Waals surface area contributed by atoms with Crippen molar-refractivity contribution in [3.63, 3.8) is 0 Å². The van der Waals surface area contributed by atoms with Gasteiger partial charge in [-0.05, 0) is 12.1 Å². The zero-order valence-electron chi connectivity index (χ0n) is 19.3. The van der Waals surface area contributed by atoms with Gasteiger partial charge in [0.15, 0.2) is 11.6 Å². The second kappa shape index (κ2) is 13.4. The van der Waals surface area contributed by atoms with Crippen LogP contribution in [0.25, 0.3) is 0 Å². The molecule has 0 unspecified atom stereocenters. The maximum atomic E-state index is 12.0. The van der Waals surface area contributed by atoms with Crippen molar-refractivity contribution in [2.45, 2.75) is 0 Å². The van der Waals surface area contributed by atoms with Crippen LogP contribution in [-0.4, -0.2) is 71.5 Å². The molecule has 8 nitrogen and oxygen atoms in total. The number of rotatable bonds is 6. The first-order valence-electron chi connectivity index (χ1n) is 10.5. The van der Waals surface area contributed by atoms with Crippen LogP contribution in [0.4, 0.5) is 0 Å². The van der Waals surface area contributed by atoms with E-state index >= 15 is 0 Å². The van der Waals surface area contributed by atoms with Crippen LogP contribution in [0, 0.1) is 0 Å². The van der Waals surface area contributed by atoms with Gasteiger partial charge in [0.2, 0.25) is 0 Å². The third kappa shape index (κ3) is 7.50. The molecule has 0 aliphatic carbocycles. The Morgan fingerprint density at radius 1 is 0.486 bits per heavy atom. The van der Waals surface area contributed by atoms with Gasteiger partial charge in [-0.1, -0.05) is 96.4 Å².